The second-order valence-corrected chi connectivity index (χ2v) is 8.15. The summed E-state index contributed by atoms with van der Waals surface area (Å²) in [5, 5.41) is 15.0. The van der Waals surface area contributed by atoms with E-state index in [9.17, 15) is 19.2 Å². The third-order valence-electron chi connectivity index (χ3n) is 4.94. The second kappa shape index (κ2) is 12.7. The molecule has 12 nitrogen and oxygen atoms in total. The second-order valence-electron chi connectivity index (χ2n) is 8.15. The van der Waals surface area contributed by atoms with Gasteiger partial charge in [0.05, 0.1) is 12.6 Å². The summed E-state index contributed by atoms with van der Waals surface area (Å²) in [6.07, 6.45) is 2.30. The van der Waals surface area contributed by atoms with Gasteiger partial charge in [0.2, 0.25) is 23.6 Å². The van der Waals surface area contributed by atoms with E-state index in [1.165, 1.54) is 4.90 Å². The highest BCUT2D eigenvalue weighted by Crippen LogP contribution is 2.20. The molecule has 1 aliphatic heterocycles. The highest BCUT2D eigenvalue weighted by Gasteiger charge is 2.37. The number of hydrogen-bond acceptors (Lipinski definition) is 6. The number of amides is 4. The van der Waals surface area contributed by atoms with Gasteiger partial charge >= 0.3 is 0 Å². The first kappa shape index (κ1) is 26.1. The summed E-state index contributed by atoms with van der Waals surface area (Å²) in [6, 6.07) is -2.35. The summed E-state index contributed by atoms with van der Waals surface area (Å²) in [7, 11) is 0. The van der Waals surface area contributed by atoms with E-state index in [0.717, 1.165) is 0 Å². The lowest BCUT2D eigenvalue weighted by Crippen LogP contribution is -2.56. The summed E-state index contributed by atoms with van der Waals surface area (Å²) in [5.74, 6) is -1.91. The Labute approximate surface area is 182 Å². The molecule has 0 bridgehead atoms. The highest BCUT2D eigenvalue weighted by atomic mass is 16.2. The third-order valence-corrected chi connectivity index (χ3v) is 4.94. The largest absolute Gasteiger partial charge is 0.370 e. The third kappa shape index (κ3) is 9.20. The van der Waals surface area contributed by atoms with Gasteiger partial charge in [0.15, 0.2) is 5.96 Å². The van der Waals surface area contributed by atoms with Gasteiger partial charge in [-0.15, -0.1) is 0 Å². The van der Waals surface area contributed by atoms with Gasteiger partial charge in [-0.25, -0.2) is 0 Å². The predicted octanol–water partition coefficient (Wildman–Crippen LogP) is -2.30. The Bertz CT molecular complexity index is 669. The van der Waals surface area contributed by atoms with Crippen molar-refractivity contribution in [2.24, 2.45) is 23.1 Å². The molecule has 3 unspecified atom stereocenters. The maximum atomic E-state index is 13.2. The van der Waals surface area contributed by atoms with E-state index >= 15 is 0 Å². The average molecular weight is 441 g/mol. The minimum atomic E-state index is -0.871. The van der Waals surface area contributed by atoms with Crippen molar-refractivity contribution in [3.05, 3.63) is 0 Å². The molecular weight excluding hydrogens is 404 g/mol. The number of rotatable bonds is 12. The molecule has 0 radical (unpaired) electrons. The van der Waals surface area contributed by atoms with Crippen molar-refractivity contribution in [3.63, 3.8) is 0 Å². The van der Waals surface area contributed by atoms with Crippen LogP contribution in [0.5, 0.6) is 0 Å². The van der Waals surface area contributed by atoms with E-state index < -0.39 is 35.8 Å². The zero-order chi connectivity index (χ0) is 23.6. The molecule has 0 saturated carbocycles. The van der Waals surface area contributed by atoms with E-state index in [4.69, 9.17) is 22.6 Å². The number of carbonyl (C=O) groups excluding carboxylic acids is 4. The van der Waals surface area contributed by atoms with Crippen LogP contribution in [0.1, 0.15) is 46.0 Å². The van der Waals surface area contributed by atoms with Crippen molar-refractivity contribution in [2.45, 2.75) is 64.1 Å². The van der Waals surface area contributed by atoms with E-state index in [2.05, 4.69) is 16.0 Å². The Hall–Kier alpha value is -2.89. The van der Waals surface area contributed by atoms with Crippen molar-refractivity contribution < 1.29 is 19.2 Å². The number of nitrogens with two attached hydrogens (primary N) is 3. The predicted molar refractivity (Wildman–Crippen MR) is 115 cm³/mol. The van der Waals surface area contributed by atoms with Gasteiger partial charge in [-0.3, -0.25) is 24.6 Å². The monoisotopic (exact) mass is 440 g/mol. The fourth-order valence-electron chi connectivity index (χ4n) is 3.48. The van der Waals surface area contributed by atoms with Crippen LogP contribution in [0.15, 0.2) is 0 Å². The number of nitrogens with one attached hydrogen (secondary N) is 4. The molecular formula is C19H36N8O4. The molecule has 1 fully saturated rings. The summed E-state index contributed by atoms with van der Waals surface area (Å²) in [4.78, 5) is 50.5. The number of hydrogen-bond donors (Lipinski definition) is 7. The molecule has 0 spiro atoms. The number of likely N-dealkylation sites (tertiary alicyclic amines) is 1. The zero-order valence-electron chi connectivity index (χ0n) is 18.3. The number of primary amides is 1. The first-order valence-corrected chi connectivity index (χ1v) is 10.5. The van der Waals surface area contributed by atoms with Crippen molar-refractivity contribution in [1.82, 2.24) is 20.9 Å². The summed E-state index contributed by atoms with van der Waals surface area (Å²) < 4.78 is 0. The molecule has 4 amide bonds. The van der Waals surface area contributed by atoms with Gasteiger partial charge < -0.3 is 38.1 Å². The van der Waals surface area contributed by atoms with Crippen LogP contribution < -0.4 is 33.2 Å². The van der Waals surface area contributed by atoms with Crippen molar-refractivity contribution in [1.29, 1.82) is 5.41 Å². The maximum absolute atomic E-state index is 13.2. The van der Waals surface area contributed by atoms with Crippen LogP contribution in [-0.2, 0) is 19.2 Å². The maximum Gasteiger partial charge on any atom is 0.245 e. The Morgan fingerprint density at radius 2 is 1.84 bits per heavy atom. The number of carbonyl (C=O) groups is 4. The van der Waals surface area contributed by atoms with Crippen LogP contribution in [0.3, 0.4) is 0 Å². The summed E-state index contributed by atoms with van der Waals surface area (Å²) >= 11 is 0. The molecule has 31 heavy (non-hydrogen) atoms. The van der Waals surface area contributed by atoms with Gasteiger partial charge in [-0.05, 0) is 38.0 Å². The van der Waals surface area contributed by atoms with Crippen LogP contribution >= 0.6 is 0 Å². The molecule has 0 aliphatic carbocycles. The van der Waals surface area contributed by atoms with Crippen molar-refractivity contribution in [2.75, 3.05) is 19.6 Å². The smallest absolute Gasteiger partial charge is 0.245 e. The molecule has 3 atom stereocenters. The van der Waals surface area contributed by atoms with Crippen LogP contribution in [0.4, 0.5) is 0 Å². The number of nitrogens with zero attached hydrogens (tertiary/aromatic N) is 1. The van der Waals surface area contributed by atoms with Gasteiger partial charge in [-0.2, -0.15) is 0 Å². The van der Waals surface area contributed by atoms with Crippen LogP contribution in [0, 0.1) is 11.3 Å². The van der Waals surface area contributed by atoms with E-state index in [-0.39, 0.29) is 30.8 Å². The standard InChI is InChI=1S/C19H36N8O4/c1-11(2)9-12(20)16(29)26-13(5-3-7-24-19(22)23)18(31)27-8-4-6-14(27)17(30)25-10-15(21)28/h11-14H,3-10,20H2,1-2H3,(H2,21,28)(H,25,30)(H,26,29)(H4,22,23,24). The Morgan fingerprint density at radius 1 is 1.16 bits per heavy atom. The first-order valence-electron chi connectivity index (χ1n) is 10.5. The molecule has 12 heteroatoms. The lowest BCUT2D eigenvalue weighted by atomic mass is 10.0. The summed E-state index contributed by atoms with van der Waals surface area (Å²) in [5.41, 5.74) is 16.3. The van der Waals surface area contributed by atoms with Crippen LogP contribution in [0.2, 0.25) is 0 Å². The van der Waals surface area contributed by atoms with Gasteiger partial charge in [-0.1, -0.05) is 13.8 Å². The van der Waals surface area contributed by atoms with E-state index in [1.54, 1.807) is 0 Å². The SMILES string of the molecule is CC(C)CC(N)C(=O)NC(CCCNC(=N)N)C(=O)N1CCCC1C(=O)NCC(N)=O. The lowest BCUT2D eigenvalue weighted by molar-refractivity contribution is -0.142. The van der Waals surface area contributed by atoms with E-state index in [0.29, 0.717) is 38.8 Å². The molecule has 0 aromatic carbocycles. The van der Waals surface area contributed by atoms with Crippen molar-refractivity contribution >= 4 is 29.6 Å². The first-order chi connectivity index (χ1) is 14.5. The summed E-state index contributed by atoms with van der Waals surface area (Å²) in [6.45, 7) is 4.31. The lowest BCUT2D eigenvalue weighted by Gasteiger charge is -2.29. The van der Waals surface area contributed by atoms with Crippen molar-refractivity contribution in [3.8, 4) is 0 Å². The molecule has 10 N–H and O–H groups in total. The van der Waals surface area contributed by atoms with Crippen LogP contribution in [-0.4, -0.2) is 72.2 Å². The molecule has 0 aromatic heterocycles. The molecule has 1 aliphatic rings. The normalized spacial score (nSPS) is 17.7. The molecule has 1 rings (SSSR count). The average Bonchev–Trinajstić information content (AvgIpc) is 3.16. The molecule has 176 valence electrons. The van der Waals surface area contributed by atoms with Gasteiger partial charge in [0, 0.05) is 13.1 Å². The topological polar surface area (TPSA) is 210 Å². The van der Waals surface area contributed by atoms with Gasteiger partial charge in [0.25, 0.3) is 0 Å². The van der Waals surface area contributed by atoms with Crippen LogP contribution in [0.25, 0.3) is 0 Å². The Balaban J connectivity index is 2.86. The van der Waals surface area contributed by atoms with E-state index in [1.807, 2.05) is 13.8 Å². The minimum Gasteiger partial charge on any atom is -0.370 e. The molecule has 0 aromatic rings. The molecule has 1 saturated heterocycles. The fraction of sp³-hybridized carbons (Fsp3) is 0.737. The highest BCUT2D eigenvalue weighted by molar-refractivity contribution is 5.94. The Kier molecular flexibility index (Phi) is 10.7. The van der Waals surface area contributed by atoms with Gasteiger partial charge in [0.1, 0.15) is 12.1 Å². The number of guanidine groups is 1. The molecule has 1 heterocycles. The quantitative estimate of drug-likeness (QED) is 0.100. The fourth-order valence-corrected chi connectivity index (χ4v) is 3.48. The Morgan fingerprint density at radius 3 is 2.42 bits per heavy atom. The minimum absolute atomic E-state index is 0.184. The zero-order valence-corrected chi connectivity index (χ0v) is 18.3.